The highest BCUT2D eigenvalue weighted by molar-refractivity contribution is 6.35. The zero-order chi connectivity index (χ0) is 24.3. The molecule has 0 saturated carbocycles. The van der Waals surface area contributed by atoms with Gasteiger partial charge in [0.1, 0.15) is 23.6 Å². The van der Waals surface area contributed by atoms with E-state index in [0.29, 0.717) is 15.6 Å². The molecule has 0 radical (unpaired) electrons. The summed E-state index contributed by atoms with van der Waals surface area (Å²) in [5.41, 5.74) is -1.64. The van der Waals surface area contributed by atoms with Gasteiger partial charge in [0.15, 0.2) is 23.3 Å². The third-order valence-corrected chi connectivity index (χ3v) is 4.83. The predicted molar refractivity (Wildman–Crippen MR) is 110 cm³/mol. The summed E-state index contributed by atoms with van der Waals surface area (Å²) in [7, 11) is 0. The summed E-state index contributed by atoms with van der Waals surface area (Å²) in [6.45, 7) is 0.0207. The molecule has 1 N–H and O–H groups in total. The maximum atomic E-state index is 13.9. The molecule has 174 valence electrons. The van der Waals surface area contributed by atoms with Gasteiger partial charge in [0.2, 0.25) is 0 Å². The molecule has 0 aliphatic carbocycles. The minimum atomic E-state index is -5.64. The Morgan fingerprint density at radius 1 is 0.909 bits per heavy atom. The van der Waals surface area contributed by atoms with Gasteiger partial charge in [0, 0.05) is 21.2 Å². The first-order chi connectivity index (χ1) is 15.5. The van der Waals surface area contributed by atoms with Gasteiger partial charge >= 0.3 is 6.18 Å². The van der Waals surface area contributed by atoms with Crippen LogP contribution in [-0.4, -0.2) is 6.21 Å². The molecule has 0 fully saturated rings. The smallest absolute Gasteiger partial charge is 0.422 e. The number of nitrogens with zero attached hydrogens (tertiary/aromatic N) is 1. The quantitative estimate of drug-likeness (QED) is 0.160. The first kappa shape index (κ1) is 24.7. The van der Waals surface area contributed by atoms with Crippen LogP contribution in [0.2, 0.25) is 10.0 Å². The van der Waals surface area contributed by atoms with Gasteiger partial charge in [-0.15, -0.1) is 0 Å². The van der Waals surface area contributed by atoms with Crippen LogP contribution in [0.5, 0.6) is 5.75 Å². The van der Waals surface area contributed by atoms with Gasteiger partial charge < -0.3 is 4.74 Å². The minimum absolute atomic E-state index is 0.0207. The molecule has 0 aliphatic rings. The van der Waals surface area contributed by atoms with E-state index in [-0.39, 0.29) is 17.9 Å². The van der Waals surface area contributed by atoms with Gasteiger partial charge in [0.05, 0.1) is 6.21 Å². The summed E-state index contributed by atoms with van der Waals surface area (Å²) >= 11 is 11.9. The normalized spacial score (nSPS) is 11.8. The van der Waals surface area contributed by atoms with Crippen LogP contribution in [0.1, 0.15) is 16.7 Å². The first-order valence-corrected chi connectivity index (χ1v) is 9.64. The Hall–Kier alpha value is -2.98. The molecule has 33 heavy (non-hydrogen) atoms. The Labute approximate surface area is 192 Å². The predicted octanol–water partition coefficient (Wildman–Crippen LogP) is 7.59. The molecule has 0 amide bonds. The van der Waals surface area contributed by atoms with E-state index in [1.165, 1.54) is 18.2 Å². The van der Waals surface area contributed by atoms with Crippen molar-refractivity contribution in [1.82, 2.24) is 0 Å². The monoisotopic (exact) mass is 510 g/mol. The molecule has 3 rings (SSSR count). The van der Waals surface area contributed by atoms with E-state index in [1.807, 2.05) is 0 Å². The highest BCUT2D eigenvalue weighted by Gasteiger charge is 2.42. The summed E-state index contributed by atoms with van der Waals surface area (Å²) in [5.74, 6) is -9.49. The number of hydrogen-bond acceptors (Lipinski definition) is 3. The summed E-state index contributed by atoms with van der Waals surface area (Å²) < 4.78 is 98.9. The maximum absolute atomic E-state index is 13.9. The molecule has 3 nitrogen and oxygen atoms in total. The van der Waals surface area contributed by atoms with Crippen LogP contribution in [-0.2, 0) is 12.8 Å². The molecular weight excluding hydrogens is 500 g/mol. The van der Waals surface area contributed by atoms with E-state index in [2.05, 4.69) is 5.10 Å². The number of anilines is 1. The Morgan fingerprint density at radius 2 is 1.55 bits per heavy atom. The Morgan fingerprint density at radius 3 is 2.15 bits per heavy atom. The average Bonchev–Trinajstić information content (AvgIpc) is 2.74. The van der Waals surface area contributed by atoms with Gasteiger partial charge in [0.25, 0.3) is 0 Å². The number of alkyl halides is 3. The maximum Gasteiger partial charge on any atom is 0.422 e. The molecule has 0 bridgehead atoms. The topological polar surface area (TPSA) is 33.6 Å². The molecule has 0 aliphatic heterocycles. The lowest BCUT2D eigenvalue weighted by Crippen LogP contribution is -2.16. The van der Waals surface area contributed by atoms with Crippen LogP contribution in [0.15, 0.2) is 47.6 Å². The highest BCUT2D eigenvalue weighted by atomic mass is 35.5. The zero-order valence-corrected chi connectivity index (χ0v) is 17.6. The molecule has 0 aromatic heterocycles. The fourth-order valence-electron chi connectivity index (χ4n) is 2.66. The number of benzene rings is 3. The first-order valence-electron chi connectivity index (χ1n) is 8.88. The van der Waals surface area contributed by atoms with Crippen LogP contribution >= 0.6 is 23.2 Å². The second-order valence-corrected chi connectivity index (χ2v) is 7.28. The van der Waals surface area contributed by atoms with E-state index in [1.54, 1.807) is 29.7 Å². The van der Waals surface area contributed by atoms with Crippen molar-refractivity contribution in [2.45, 2.75) is 12.8 Å². The standard InChI is InChI=1S/C21H11Cl2F7N2O/c22-12-6-5-11(13(23)7-12)9-33-14-4-2-1-3-10(14)8-31-32-20-18(26)16(24)15(21(28,29)30)17(25)19(20)27/h1-8,32H,9H2/b31-8+. The molecule has 12 heteroatoms. The van der Waals surface area contributed by atoms with Gasteiger partial charge in [-0.05, 0) is 24.3 Å². The summed E-state index contributed by atoms with van der Waals surface area (Å²) in [6, 6.07) is 11.0. The SMILES string of the molecule is Fc1c(F)c(C(F)(F)F)c(F)c(F)c1N/N=C/c1ccccc1OCc1ccc(Cl)cc1Cl. The zero-order valence-electron chi connectivity index (χ0n) is 16.1. The number of halogens is 9. The van der Waals surface area contributed by atoms with Gasteiger partial charge in [-0.25, -0.2) is 17.6 Å². The minimum Gasteiger partial charge on any atom is -0.488 e. The van der Waals surface area contributed by atoms with E-state index < -0.39 is 40.7 Å². The largest absolute Gasteiger partial charge is 0.488 e. The van der Waals surface area contributed by atoms with Crippen LogP contribution < -0.4 is 10.2 Å². The molecular formula is C21H11Cl2F7N2O. The van der Waals surface area contributed by atoms with Crippen molar-refractivity contribution in [3.8, 4) is 5.75 Å². The lowest BCUT2D eigenvalue weighted by atomic mass is 10.1. The number of para-hydroxylation sites is 1. The van der Waals surface area contributed by atoms with Crippen molar-refractivity contribution in [2.75, 3.05) is 5.43 Å². The Kier molecular flexibility index (Phi) is 7.38. The number of ether oxygens (including phenoxy) is 1. The van der Waals surface area contributed by atoms with E-state index in [9.17, 15) is 30.7 Å². The van der Waals surface area contributed by atoms with Crippen molar-refractivity contribution in [1.29, 1.82) is 0 Å². The molecule has 0 spiro atoms. The van der Waals surface area contributed by atoms with Crippen LogP contribution in [0.4, 0.5) is 36.4 Å². The number of hydrazone groups is 1. The summed E-state index contributed by atoms with van der Waals surface area (Å²) in [5, 5.41) is 4.24. The van der Waals surface area contributed by atoms with Crippen LogP contribution in [0.3, 0.4) is 0 Å². The Balaban J connectivity index is 1.82. The van der Waals surface area contributed by atoms with Crippen molar-refractivity contribution >= 4 is 35.1 Å². The van der Waals surface area contributed by atoms with E-state index >= 15 is 0 Å². The van der Waals surface area contributed by atoms with Crippen LogP contribution in [0.25, 0.3) is 0 Å². The summed E-state index contributed by atoms with van der Waals surface area (Å²) in [6.07, 6.45) is -4.65. The second-order valence-electron chi connectivity index (χ2n) is 6.44. The molecule has 3 aromatic rings. The van der Waals surface area contributed by atoms with Crippen molar-refractivity contribution in [3.05, 3.63) is 92.5 Å². The third-order valence-electron chi connectivity index (χ3n) is 4.24. The highest BCUT2D eigenvalue weighted by Crippen LogP contribution is 2.38. The van der Waals surface area contributed by atoms with Gasteiger partial charge in [-0.3, -0.25) is 5.43 Å². The molecule has 0 heterocycles. The van der Waals surface area contributed by atoms with Crippen molar-refractivity contribution in [2.24, 2.45) is 5.10 Å². The van der Waals surface area contributed by atoms with Crippen LogP contribution in [0, 0.1) is 23.3 Å². The number of nitrogens with one attached hydrogen (secondary N) is 1. The number of rotatable bonds is 6. The van der Waals surface area contributed by atoms with Crippen molar-refractivity contribution in [3.63, 3.8) is 0 Å². The second kappa shape index (κ2) is 9.88. The van der Waals surface area contributed by atoms with E-state index in [0.717, 1.165) is 6.21 Å². The molecule has 3 aromatic carbocycles. The fraction of sp³-hybridized carbons (Fsp3) is 0.0952. The lowest BCUT2D eigenvalue weighted by Gasteiger charge is -2.13. The van der Waals surface area contributed by atoms with Crippen molar-refractivity contribution < 1.29 is 35.5 Å². The fourth-order valence-corrected chi connectivity index (χ4v) is 3.12. The average molecular weight is 511 g/mol. The van der Waals surface area contributed by atoms with E-state index in [4.69, 9.17) is 27.9 Å². The molecule has 0 atom stereocenters. The molecule has 0 saturated heterocycles. The number of hydrogen-bond donors (Lipinski definition) is 1. The molecule has 0 unspecified atom stereocenters. The Bertz CT molecular complexity index is 1190. The third kappa shape index (κ3) is 5.51. The lowest BCUT2D eigenvalue weighted by molar-refractivity contribution is -0.143. The summed E-state index contributed by atoms with van der Waals surface area (Å²) in [4.78, 5) is 0. The van der Waals surface area contributed by atoms with Gasteiger partial charge in [-0.2, -0.15) is 18.3 Å². The van der Waals surface area contributed by atoms with Gasteiger partial charge in [-0.1, -0.05) is 41.4 Å².